The van der Waals surface area contributed by atoms with Crippen molar-refractivity contribution in [1.29, 1.82) is 0 Å². The molecule has 0 fully saturated rings. The molecule has 0 saturated heterocycles. The maximum Gasteiger partial charge on any atom is 0.0615 e. The second kappa shape index (κ2) is 19.4. The SMILES string of the molecule is CCCCCCCCCCCCCCCC(C)(C)N(C(c1ccccc1)c1ccccc1)C(c1ccccc1)c1ccccc1. The molecule has 0 aliphatic carbocycles. The molecule has 1 heteroatoms. The van der Waals surface area contributed by atoms with E-state index in [0.29, 0.717) is 0 Å². The summed E-state index contributed by atoms with van der Waals surface area (Å²) in [6.45, 7) is 7.28. The average Bonchev–Trinajstić information content (AvgIpc) is 3.08. The van der Waals surface area contributed by atoms with E-state index < -0.39 is 0 Å². The fourth-order valence-electron chi connectivity index (χ4n) is 7.12. The molecular weight excluding hydrogens is 542 g/mol. The Balaban J connectivity index is 1.52. The molecule has 1 nitrogen and oxygen atoms in total. The Morgan fingerprint density at radius 3 is 0.956 bits per heavy atom. The van der Waals surface area contributed by atoms with E-state index in [1.54, 1.807) is 0 Å². The predicted molar refractivity (Wildman–Crippen MR) is 196 cm³/mol. The lowest BCUT2D eigenvalue weighted by Crippen LogP contribution is -2.49. The first kappa shape index (κ1) is 34.7. The second-order valence-corrected chi connectivity index (χ2v) is 13.7. The van der Waals surface area contributed by atoms with Crippen LogP contribution in [-0.2, 0) is 0 Å². The van der Waals surface area contributed by atoms with E-state index in [1.807, 2.05) is 0 Å². The molecule has 0 aliphatic heterocycles. The minimum Gasteiger partial charge on any atom is -0.276 e. The molecule has 0 bridgehead atoms. The highest BCUT2D eigenvalue weighted by Crippen LogP contribution is 2.45. The van der Waals surface area contributed by atoms with Crippen molar-refractivity contribution < 1.29 is 0 Å². The first-order valence-electron chi connectivity index (χ1n) is 18.1. The molecule has 4 rings (SSSR count). The summed E-state index contributed by atoms with van der Waals surface area (Å²) in [5.74, 6) is 0. The highest BCUT2D eigenvalue weighted by Gasteiger charge is 2.40. The summed E-state index contributed by atoms with van der Waals surface area (Å²) in [4.78, 5) is 2.84. The van der Waals surface area contributed by atoms with E-state index in [9.17, 15) is 0 Å². The maximum absolute atomic E-state index is 2.84. The van der Waals surface area contributed by atoms with Gasteiger partial charge >= 0.3 is 0 Å². The summed E-state index contributed by atoms with van der Waals surface area (Å²) >= 11 is 0. The zero-order valence-electron chi connectivity index (χ0n) is 28.5. The van der Waals surface area contributed by atoms with Crippen LogP contribution < -0.4 is 0 Å². The van der Waals surface area contributed by atoms with Gasteiger partial charge in [-0.2, -0.15) is 0 Å². The fourth-order valence-corrected chi connectivity index (χ4v) is 7.12. The normalized spacial score (nSPS) is 12.0. The van der Waals surface area contributed by atoms with E-state index in [1.165, 1.54) is 106 Å². The van der Waals surface area contributed by atoms with Gasteiger partial charge in [0, 0.05) is 5.54 Å². The molecule has 240 valence electrons. The Bertz CT molecular complexity index is 1120. The summed E-state index contributed by atoms with van der Waals surface area (Å²) < 4.78 is 0. The standard InChI is InChI=1S/C44H59N/c1-4-5-6-7-8-9-10-11-12-13-14-15-28-37-44(2,3)45(42(38-29-20-16-21-30-38)39-31-22-17-23-32-39)43(40-33-24-18-25-34-40)41-35-26-19-27-36-41/h16-27,29-36,42-43H,4-15,28,37H2,1-3H3. The van der Waals surface area contributed by atoms with Crippen molar-refractivity contribution in [3.05, 3.63) is 144 Å². The lowest BCUT2D eigenvalue weighted by molar-refractivity contribution is 0.0434. The van der Waals surface area contributed by atoms with Crippen LogP contribution in [0, 0.1) is 0 Å². The molecule has 0 amide bonds. The number of hydrogen-bond acceptors (Lipinski definition) is 1. The molecule has 45 heavy (non-hydrogen) atoms. The van der Waals surface area contributed by atoms with Crippen molar-refractivity contribution in [3.8, 4) is 0 Å². The molecule has 4 aromatic carbocycles. The van der Waals surface area contributed by atoms with Gasteiger partial charge in [0.1, 0.15) is 0 Å². The number of unbranched alkanes of at least 4 members (excludes halogenated alkanes) is 12. The number of nitrogens with zero attached hydrogens (tertiary/aromatic N) is 1. The smallest absolute Gasteiger partial charge is 0.0615 e. The average molecular weight is 602 g/mol. The van der Waals surface area contributed by atoms with E-state index >= 15 is 0 Å². The Morgan fingerprint density at radius 2 is 0.667 bits per heavy atom. The lowest BCUT2D eigenvalue weighted by Gasteiger charge is -2.49. The van der Waals surface area contributed by atoms with E-state index in [0.717, 1.165) is 6.42 Å². The van der Waals surface area contributed by atoms with Gasteiger partial charge < -0.3 is 0 Å². The van der Waals surface area contributed by atoms with Crippen LogP contribution in [0.25, 0.3) is 0 Å². The largest absolute Gasteiger partial charge is 0.276 e. The summed E-state index contributed by atoms with van der Waals surface area (Å²) in [5, 5.41) is 0. The van der Waals surface area contributed by atoms with Gasteiger partial charge in [-0.25, -0.2) is 0 Å². The van der Waals surface area contributed by atoms with Crippen molar-refractivity contribution in [2.24, 2.45) is 0 Å². The zero-order chi connectivity index (χ0) is 31.6. The third kappa shape index (κ3) is 11.0. The summed E-state index contributed by atoms with van der Waals surface area (Å²) in [5.41, 5.74) is 5.33. The van der Waals surface area contributed by atoms with Gasteiger partial charge in [0.15, 0.2) is 0 Å². The van der Waals surface area contributed by atoms with Crippen LogP contribution in [0.4, 0.5) is 0 Å². The quantitative estimate of drug-likeness (QED) is 0.0859. The predicted octanol–water partition coefficient (Wildman–Crippen LogP) is 13.1. The van der Waals surface area contributed by atoms with Gasteiger partial charge in [-0.1, -0.05) is 212 Å². The van der Waals surface area contributed by atoms with Crippen molar-refractivity contribution >= 4 is 0 Å². The van der Waals surface area contributed by atoms with Crippen LogP contribution in [0.2, 0.25) is 0 Å². The molecule has 0 atom stereocenters. The van der Waals surface area contributed by atoms with Gasteiger partial charge in [-0.05, 0) is 42.5 Å². The van der Waals surface area contributed by atoms with Crippen molar-refractivity contribution in [3.63, 3.8) is 0 Å². The highest BCUT2D eigenvalue weighted by atomic mass is 15.2. The molecule has 0 N–H and O–H groups in total. The first-order chi connectivity index (χ1) is 22.1. The highest BCUT2D eigenvalue weighted by molar-refractivity contribution is 5.38. The third-order valence-electron chi connectivity index (χ3n) is 9.61. The molecular formula is C44H59N. The van der Waals surface area contributed by atoms with E-state index in [4.69, 9.17) is 0 Å². The molecule has 0 spiro atoms. The zero-order valence-corrected chi connectivity index (χ0v) is 28.5. The number of rotatable bonds is 21. The molecule has 0 saturated carbocycles. The number of benzene rings is 4. The second-order valence-electron chi connectivity index (χ2n) is 13.7. The molecule has 0 radical (unpaired) electrons. The van der Waals surface area contributed by atoms with Crippen LogP contribution in [0.1, 0.15) is 145 Å². The van der Waals surface area contributed by atoms with E-state index in [-0.39, 0.29) is 17.6 Å². The third-order valence-corrected chi connectivity index (χ3v) is 9.61. The van der Waals surface area contributed by atoms with Crippen molar-refractivity contribution in [2.75, 3.05) is 0 Å². The van der Waals surface area contributed by atoms with Gasteiger partial charge in [0.25, 0.3) is 0 Å². The van der Waals surface area contributed by atoms with Crippen LogP contribution in [-0.4, -0.2) is 10.4 Å². The van der Waals surface area contributed by atoms with Crippen LogP contribution in [0.3, 0.4) is 0 Å². The van der Waals surface area contributed by atoms with Gasteiger partial charge in [-0.3, -0.25) is 4.90 Å². The van der Waals surface area contributed by atoms with Gasteiger partial charge in [0.05, 0.1) is 12.1 Å². The lowest BCUT2D eigenvalue weighted by atomic mass is 9.83. The fraction of sp³-hybridized carbons (Fsp3) is 0.455. The molecule has 0 aliphatic rings. The Kier molecular flexibility index (Phi) is 14.9. The van der Waals surface area contributed by atoms with Gasteiger partial charge in [-0.15, -0.1) is 0 Å². The molecule has 0 unspecified atom stereocenters. The van der Waals surface area contributed by atoms with Crippen LogP contribution in [0.5, 0.6) is 0 Å². The summed E-state index contributed by atoms with van der Waals surface area (Å²) in [7, 11) is 0. The van der Waals surface area contributed by atoms with Crippen LogP contribution >= 0.6 is 0 Å². The molecule has 4 aromatic rings. The number of hydrogen-bond donors (Lipinski definition) is 0. The minimum atomic E-state index is -0.0511. The van der Waals surface area contributed by atoms with Crippen molar-refractivity contribution in [1.82, 2.24) is 4.90 Å². The monoisotopic (exact) mass is 601 g/mol. The Hall–Kier alpha value is -3.16. The molecule has 0 heterocycles. The van der Waals surface area contributed by atoms with Crippen LogP contribution in [0.15, 0.2) is 121 Å². The Labute approximate surface area is 276 Å². The van der Waals surface area contributed by atoms with Crippen molar-refractivity contribution in [2.45, 2.75) is 128 Å². The summed E-state index contributed by atoms with van der Waals surface area (Å²) in [6.07, 6.45) is 19.2. The first-order valence-corrected chi connectivity index (χ1v) is 18.1. The Morgan fingerprint density at radius 1 is 0.400 bits per heavy atom. The van der Waals surface area contributed by atoms with Gasteiger partial charge in [0.2, 0.25) is 0 Å². The maximum atomic E-state index is 2.84. The minimum absolute atomic E-state index is 0.0511. The topological polar surface area (TPSA) is 3.24 Å². The summed E-state index contributed by atoms with van der Waals surface area (Å²) in [6, 6.07) is 44.9. The molecule has 0 aromatic heterocycles. The van der Waals surface area contributed by atoms with E-state index in [2.05, 4.69) is 147 Å².